The van der Waals surface area contributed by atoms with Gasteiger partial charge in [-0.15, -0.1) is 0 Å². The first-order valence-electron chi connectivity index (χ1n) is 11.4. The van der Waals surface area contributed by atoms with E-state index in [0.717, 1.165) is 29.1 Å². The summed E-state index contributed by atoms with van der Waals surface area (Å²) in [5, 5.41) is 5.82. The second kappa shape index (κ2) is 9.48. The SMILES string of the molecule is O=C(Nc1ccccn1)N1CC(C(=O)N2CCc3c(cccc3Nc3ccc(C(F)(F)F)cn3)C2)C1. The fraction of sp³-hybridized carbons (Fsp3) is 0.280. The van der Waals surface area contributed by atoms with Gasteiger partial charge in [-0.2, -0.15) is 13.2 Å². The molecular formula is C25H23F3N6O2. The fourth-order valence-electron chi connectivity index (χ4n) is 4.37. The smallest absolute Gasteiger partial charge is 0.340 e. The normalized spacial score (nSPS) is 15.6. The summed E-state index contributed by atoms with van der Waals surface area (Å²) < 4.78 is 38.4. The summed E-state index contributed by atoms with van der Waals surface area (Å²) in [6, 6.07) is 12.9. The highest BCUT2D eigenvalue weighted by atomic mass is 19.4. The van der Waals surface area contributed by atoms with Gasteiger partial charge >= 0.3 is 12.2 Å². The second-order valence-electron chi connectivity index (χ2n) is 8.75. The van der Waals surface area contributed by atoms with Crippen molar-refractivity contribution in [1.29, 1.82) is 0 Å². The molecule has 2 aromatic heterocycles. The molecule has 0 saturated carbocycles. The molecule has 4 heterocycles. The number of aromatic nitrogens is 2. The number of fused-ring (bicyclic) bond motifs is 1. The third-order valence-corrected chi connectivity index (χ3v) is 6.35. The molecule has 8 nitrogen and oxygen atoms in total. The number of hydrogen-bond donors (Lipinski definition) is 2. The van der Waals surface area contributed by atoms with Crippen molar-refractivity contribution in [2.75, 3.05) is 30.3 Å². The van der Waals surface area contributed by atoms with Crippen LogP contribution in [0.4, 0.5) is 35.3 Å². The predicted molar refractivity (Wildman–Crippen MR) is 126 cm³/mol. The third kappa shape index (κ3) is 4.95. The maximum absolute atomic E-state index is 13.0. The van der Waals surface area contributed by atoms with Gasteiger partial charge in [0.1, 0.15) is 11.6 Å². The van der Waals surface area contributed by atoms with Crippen LogP contribution < -0.4 is 10.6 Å². The van der Waals surface area contributed by atoms with E-state index in [4.69, 9.17) is 0 Å². The highest BCUT2D eigenvalue weighted by Gasteiger charge is 2.39. The molecular weight excluding hydrogens is 473 g/mol. The standard InChI is InChI=1S/C25H23F3N6O2/c26-25(27,28)18-7-8-22(30-12-18)31-20-5-3-4-16-13-33(11-9-19(16)20)23(35)17-14-34(15-17)24(36)32-21-6-1-2-10-29-21/h1-8,10,12,17H,9,11,13-15H2,(H,30,31)(H,29,32,36). The lowest BCUT2D eigenvalue weighted by Gasteiger charge is -2.41. The Labute approximate surface area is 205 Å². The molecule has 3 amide bonds. The van der Waals surface area contributed by atoms with Crippen molar-refractivity contribution in [2.45, 2.75) is 19.1 Å². The van der Waals surface area contributed by atoms with Crippen LogP contribution in [-0.4, -0.2) is 51.3 Å². The summed E-state index contributed by atoms with van der Waals surface area (Å²) in [4.78, 5) is 36.7. The van der Waals surface area contributed by atoms with E-state index >= 15 is 0 Å². The van der Waals surface area contributed by atoms with E-state index in [1.54, 1.807) is 34.2 Å². The van der Waals surface area contributed by atoms with Gasteiger partial charge in [-0.25, -0.2) is 14.8 Å². The number of alkyl halides is 3. The van der Waals surface area contributed by atoms with Gasteiger partial charge in [0.05, 0.1) is 11.5 Å². The quantitative estimate of drug-likeness (QED) is 0.563. The maximum atomic E-state index is 13.0. The first kappa shape index (κ1) is 23.6. The Morgan fingerprint density at radius 3 is 2.47 bits per heavy atom. The number of urea groups is 1. The van der Waals surface area contributed by atoms with Crippen molar-refractivity contribution in [3.05, 3.63) is 77.6 Å². The zero-order chi connectivity index (χ0) is 25.3. The maximum Gasteiger partial charge on any atom is 0.417 e. The second-order valence-corrected chi connectivity index (χ2v) is 8.75. The van der Waals surface area contributed by atoms with Crippen molar-refractivity contribution in [3.63, 3.8) is 0 Å². The molecule has 0 aliphatic carbocycles. The monoisotopic (exact) mass is 496 g/mol. The molecule has 2 N–H and O–H groups in total. The topological polar surface area (TPSA) is 90.5 Å². The average Bonchev–Trinajstić information content (AvgIpc) is 2.83. The Bertz CT molecular complexity index is 1260. The van der Waals surface area contributed by atoms with Crippen LogP contribution in [0.5, 0.6) is 0 Å². The summed E-state index contributed by atoms with van der Waals surface area (Å²) in [7, 11) is 0. The molecule has 0 spiro atoms. The van der Waals surface area contributed by atoms with Gasteiger partial charge in [0.2, 0.25) is 5.91 Å². The van der Waals surface area contributed by atoms with Crippen molar-refractivity contribution in [3.8, 4) is 0 Å². The Morgan fingerprint density at radius 1 is 0.944 bits per heavy atom. The van der Waals surface area contributed by atoms with E-state index in [1.165, 1.54) is 6.07 Å². The lowest BCUT2D eigenvalue weighted by molar-refractivity contribution is -0.140. The van der Waals surface area contributed by atoms with Crippen LogP contribution in [0, 0.1) is 5.92 Å². The molecule has 1 saturated heterocycles. The van der Waals surface area contributed by atoms with Crippen molar-refractivity contribution in [1.82, 2.24) is 19.8 Å². The zero-order valence-electron chi connectivity index (χ0n) is 19.1. The number of nitrogens with zero attached hydrogens (tertiary/aromatic N) is 4. The number of anilines is 3. The van der Waals surface area contributed by atoms with Crippen molar-refractivity contribution >= 4 is 29.3 Å². The van der Waals surface area contributed by atoms with Crippen LogP contribution in [-0.2, 0) is 23.9 Å². The molecule has 11 heteroatoms. The van der Waals surface area contributed by atoms with E-state index in [2.05, 4.69) is 20.6 Å². The van der Waals surface area contributed by atoms with E-state index < -0.39 is 11.7 Å². The summed E-state index contributed by atoms with van der Waals surface area (Å²) in [6.45, 7) is 1.65. The number of nitrogens with one attached hydrogen (secondary N) is 2. The van der Waals surface area contributed by atoms with Crippen LogP contribution in [0.3, 0.4) is 0 Å². The number of hydrogen-bond acceptors (Lipinski definition) is 5. The van der Waals surface area contributed by atoms with Gasteiger partial charge in [-0.05, 0) is 47.9 Å². The Balaban J connectivity index is 1.18. The Hall–Kier alpha value is -4.15. The molecule has 0 bridgehead atoms. The number of halogens is 3. The molecule has 5 rings (SSSR count). The molecule has 186 valence electrons. The van der Waals surface area contributed by atoms with Crippen LogP contribution >= 0.6 is 0 Å². The fourth-order valence-corrected chi connectivity index (χ4v) is 4.37. The number of carbonyl (C=O) groups excluding carboxylic acids is 2. The predicted octanol–water partition coefficient (Wildman–Crippen LogP) is 4.29. The van der Waals surface area contributed by atoms with E-state index in [9.17, 15) is 22.8 Å². The number of carbonyl (C=O) groups is 2. The van der Waals surface area contributed by atoms with E-state index in [-0.39, 0.29) is 17.9 Å². The summed E-state index contributed by atoms with van der Waals surface area (Å²) in [5.74, 6) is 0.526. The van der Waals surface area contributed by atoms with Gasteiger partial charge in [-0.3, -0.25) is 10.1 Å². The molecule has 1 aromatic carbocycles. The molecule has 0 atom stereocenters. The number of benzene rings is 1. The van der Waals surface area contributed by atoms with Crippen LogP contribution in [0.2, 0.25) is 0 Å². The van der Waals surface area contributed by atoms with Crippen molar-refractivity contribution < 1.29 is 22.8 Å². The minimum atomic E-state index is -4.44. The molecule has 3 aromatic rings. The number of likely N-dealkylation sites (tertiary alicyclic amines) is 1. The molecule has 0 radical (unpaired) electrons. The lowest BCUT2D eigenvalue weighted by Crippen LogP contribution is -2.57. The first-order chi connectivity index (χ1) is 17.3. The molecule has 1 fully saturated rings. The molecule has 36 heavy (non-hydrogen) atoms. The van der Waals surface area contributed by atoms with Crippen LogP contribution in [0.15, 0.2) is 60.9 Å². The Kier molecular flexibility index (Phi) is 6.21. The number of rotatable bonds is 4. The van der Waals surface area contributed by atoms with E-state index in [1.807, 2.05) is 18.2 Å². The molecule has 0 unspecified atom stereocenters. The van der Waals surface area contributed by atoms with Crippen molar-refractivity contribution in [2.24, 2.45) is 5.92 Å². The highest BCUT2D eigenvalue weighted by Crippen LogP contribution is 2.32. The van der Waals surface area contributed by atoms with Gasteiger partial charge in [0.25, 0.3) is 0 Å². The summed E-state index contributed by atoms with van der Waals surface area (Å²) in [6.07, 6.45) is -1.45. The largest absolute Gasteiger partial charge is 0.417 e. The van der Waals surface area contributed by atoms with Gasteiger partial charge in [0, 0.05) is 44.3 Å². The van der Waals surface area contributed by atoms with Gasteiger partial charge in [0.15, 0.2) is 0 Å². The minimum Gasteiger partial charge on any atom is -0.340 e. The summed E-state index contributed by atoms with van der Waals surface area (Å²) in [5.41, 5.74) is 1.93. The third-order valence-electron chi connectivity index (χ3n) is 6.35. The number of pyridine rings is 2. The molecule has 2 aliphatic heterocycles. The van der Waals surface area contributed by atoms with Gasteiger partial charge < -0.3 is 15.1 Å². The average molecular weight is 496 g/mol. The minimum absolute atomic E-state index is 0.00491. The van der Waals surface area contributed by atoms with E-state index in [0.29, 0.717) is 44.2 Å². The van der Waals surface area contributed by atoms with Gasteiger partial charge in [-0.1, -0.05) is 18.2 Å². The highest BCUT2D eigenvalue weighted by molar-refractivity contribution is 5.91. The number of amides is 3. The lowest BCUT2D eigenvalue weighted by atomic mass is 9.94. The zero-order valence-corrected chi connectivity index (χ0v) is 19.1. The van der Waals surface area contributed by atoms with Crippen LogP contribution in [0.1, 0.15) is 16.7 Å². The first-order valence-corrected chi connectivity index (χ1v) is 11.4. The summed E-state index contributed by atoms with van der Waals surface area (Å²) >= 11 is 0. The molecule has 2 aliphatic rings. The Morgan fingerprint density at radius 2 is 1.78 bits per heavy atom. The van der Waals surface area contributed by atoms with Crippen LogP contribution in [0.25, 0.3) is 0 Å².